The number of thioether (sulfide) groups is 1. The van der Waals surface area contributed by atoms with E-state index < -0.39 is 11.6 Å². The van der Waals surface area contributed by atoms with Crippen LogP contribution >= 0.6 is 23.4 Å². The number of aliphatic hydroxyl groups is 2. The van der Waals surface area contributed by atoms with Gasteiger partial charge in [-0.1, -0.05) is 78.3 Å². The number of carbonyl (C=O) groups is 1. The van der Waals surface area contributed by atoms with Crippen molar-refractivity contribution in [3.8, 4) is 0 Å². The Bertz CT molecular complexity index is 1600. The summed E-state index contributed by atoms with van der Waals surface area (Å²) in [7, 11) is 0. The Labute approximate surface area is 256 Å². The van der Waals surface area contributed by atoms with Crippen LogP contribution in [0.2, 0.25) is 5.02 Å². The Balaban J connectivity index is 1.38. The maximum absolute atomic E-state index is 11.5. The molecule has 0 amide bonds. The van der Waals surface area contributed by atoms with E-state index in [0.29, 0.717) is 5.02 Å². The molecule has 4 aromatic rings. The Hall–Kier alpha value is -3.16. The van der Waals surface area contributed by atoms with Gasteiger partial charge in [-0.3, -0.25) is 4.79 Å². The lowest BCUT2D eigenvalue weighted by Gasteiger charge is -2.25. The van der Waals surface area contributed by atoms with Gasteiger partial charge in [-0.25, -0.2) is 4.98 Å². The highest BCUT2D eigenvalue weighted by molar-refractivity contribution is 7.99. The lowest BCUT2D eigenvalue weighted by atomic mass is 9.89. The van der Waals surface area contributed by atoms with Gasteiger partial charge >= 0.3 is 5.97 Å². The number of nitrogens with zero attached hydrogens (tertiary/aromatic N) is 1. The van der Waals surface area contributed by atoms with Gasteiger partial charge < -0.3 is 15.3 Å². The van der Waals surface area contributed by atoms with Crippen LogP contribution < -0.4 is 0 Å². The van der Waals surface area contributed by atoms with Gasteiger partial charge in [0.2, 0.25) is 0 Å². The van der Waals surface area contributed by atoms with Crippen molar-refractivity contribution in [1.29, 1.82) is 0 Å². The maximum atomic E-state index is 11.5. The van der Waals surface area contributed by atoms with Gasteiger partial charge in [0.1, 0.15) is 5.60 Å². The third-order valence-corrected chi connectivity index (χ3v) is 9.98. The first kappa shape index (κ1) is 30.3. The monoisotopic (exact) mass is 601 g/mol. The Morgan fingerprint density at radius 3 is 2.62 bits per heavy atom. The third-order valence-electron chi connectivity index (χ3n) is 8.06. The number of aryl methyl sites for hydroxylation is 1. The smallest absolute Gasteiger partial charge is 0.303 e. The predicted octanol–water partition coefficient (Wildman–Crippen LogP) is 7.92. The van der Waals surface area contributed by atoms with Gasteiger partial charge in [-0.2, -0.15) is 11.8 Å². The molecule has 0 aliphatic heterocycles. The molecule has 0 spiro atoms. The molecule has 218 valence electrons. The number of benzene rings is 3. The van der Waals surface area contributed by atoms with E-state index in [-0.39, 0.29) is 23.7 Å². The van der Waals surface area contributed by atoms with E-state index >= 15 is 0 Å². The number of aliphatic hydroxyl groups excluding tert-OH is 1. The number of fused-ring (bicyclic) bond motifs is 1. The number of hydrogen-bond donors (Lipinski definition) is 3. The second kappa shape index (κ2) is 13.0. The van der Waals surface area contributed by atoms with Gasteiger partial charge in [-0.15, -0.1) is 0 Å². The first-order chi connectivity index (χ1) is 20.2. The van der Waals surface area contributed by atoms with Crippen molar-refractivity contribution in [3.05, 3.63) is 112 Å². The average Bonchev–Trinajstić information content (AvgIpc) is 3.74. The molecular formula is C35H36ClNO4S. The molecule has 42 heavy (non-hydrogen) atoms. The summed E-state index contributed by atoms with van der Waals surface area (Å²) in [5.41, 5.74) is 4.25. The van der Waals surface area contributed by atoms with Crippen LogP contribution in [0.25, 0.3) is 23.1 Å². The topological polar surface area (TPSA) is 90.7 Å². The molecule has 3 aromatic carbocycles. The summed E-state index contributed by atoms with van der Waals surface area (Å²) in [5, 5.41) is 31.9. The van der Waals surface area contributed by atoms with E-state index in [2.05, 4.69) is 30.3 Å². The maximum Gasteiger partial charge on any atom is 0.303 e. The van der Waals surface area contributed by atoms with Crippen molar-refractivity contribution >= 4 is 52.4 Å². The van der Waals surface area contributed by atoms with E-state index in [1.165, 1.54) is 5.56 Å². The molecule has 5 nitrogen and oxygen atoms in total. The highest BCUT2D eigenvalue weighted by atomic mass is 35.5. The zero-order chi connectivity index (χ0) is 29.7. The standard InChI is InChI=1S/C35H36ClNO4S/c1-34(41,22-38)30-8-3-2-6-25(30)12-16-32(42-23-35(17-18-35)21-33(39)40)27-7-4-5-24(19-27)9-14-29-15-11-26-10-13-28(36)20-31(26)37-29/h2-11,13-15,19-20,32,38,41H,12,16-18,21-23H2,1H3,(H,39,40)/b14-9+/t32-,34+/m1/s1. The molecule has 1 heterocycles. The van der Waals surface area contributed by atoms with Crippen LogP contribution in [0.3, 0.4) is 0 Å². The molecule has 3 N–H and O–H groups in total. The third kappa shape index (κ3) is 7.61. The molecule has 1 aliphatic rings. The summed E-state index contributed by atoms with van der Waals surface area (Å²) in [5.74, 6) is 0.0605. The minimum atomic E-state index is -1.31. The number of carboxylic acid groups (broad SMARTS) is 1. The molecule has 5 rings (SSSR count). The minimum Gasteiger partial charge on any atom is -0.481 e. The minimum absolute atomic E-state index is 0.116. The Morgan fingerprint density at radius 2 is 1.86 bits per heavy atom. The number of aromatic nitrogens is 1. The molecule has 7 heteroatoms. The number of carboxylic acids is 1. The average molecular weight is 602 g/mol. The van der Waals surface area contributed by atoms with Crippen molar-refractivity contribution < 1.29 is 20.1 Å². The number of halogens is 1. The van der Waals surface area contributed by atoms with Crippen LogP contribution in [-0.2, 0) is 16.8 Å². The van der Waals surface area contributed by atoms with Crippen LogP contribution in [0.15, 0.2) is 78.9 Å². The molecule has 0 saturated heterocycles. The molecule has 2 atom stereocenters. The van der Waals surface area contributed by atoms with Gasteiger partial charge in [0.15, 0.2) is 0 Å². The van der Waals surface area contributed by atoms with Gasteiger partial charge in [0.25, 0.3) is 0 Å². The van der Waals surface area contributed by atoms with Gasteiger partial charge in [-0.05, 0) is 84.6 Å². The molecule has 1 fully saturated rings. The molecule has 0 unspecified atom stereocenters. The number of hydrogen-bond acceptors (Lipinski definition) is 5. The number of aliphatic carboxylic acids is 1. The van der Waals surface area contributed by atoms with Crippen molar-refractivity contribution in [2.75, 3.05) is 12.4 Å². The second-order valence-electron chi connectivity index (χ2n) is 11.6. The van der Waals surface area contributed by atoms with Crippen molar-refractivity contribution in [1.82, 2.24) is 4.98 Å². The Kier molecular flexibility index (Phi) is 9.38. The fraction of sp³-hybridized carbons (Fsp3) is 0.314. The summed E-state index contributed by atoms with van der Waals surface area (Å²) >= 11 is 7.99. The second-order valence-corrected chi connectivity index (χ2v) is 13.2. The molecule has 1 saturated carbocycles. The number of pyridine rings is 1. The van der Waals surface area contributed by atoms with E-state index in [1.807, 2.05) is 72.4 Å². The van der Waals surface area contributed by atoms with Crippen molar-refractivity contribution in [2.24, 2.45) is 5.41 Å². The van der Waals surface area contributed by atoms with Crippen LogP contribution in [-0.4, -0.2) is 38.6 Å². The van der Waals surface area contributed by atoms with Gasteiger partial charge in [0.05, 0.1) is 24.2 Å². The molecular weight excluding hydrogens is 566 g/mol. The lowest BCUT2D eigenvalue weighted by molar-refractivity contribution is -0.138. The highest BCUT2D eigenvalue weighted by Gasteiger charge is 2.44. The summed E-state index contributed by atoms with van der Waals surface area (Å²) in [6, 6.07) is 25.9. The summed E-state index contributed by atoms with van der Waals surface area (Å²) < 4.78 is 0. The first-order valence-electron chi connectivity index (χ1n) is 14.3. The highest BCUT2D eigenvalue weighted by Crippen LogP contribution is 2.53. The summed E-state index contributed by atoms with van der Waals surface area (Å²) in [4.78, 5) is 16.2. The van der Waals surface area contributed by atoms with E-state index in [9.17, 15) is 20.1 Å². The molecule has 0 radical (unpaired) electrons. The largest absolute Gasteiger partial charge is 0.481 e. The van der Waals surface area contributed by atoms with Crippen LogP contribution in [0, 0.1) is 5.41 Å². The molecule has 0 bridgehead atoms. The number of rotatable bonds is 13. The zero-order valence-electron chi connectivity index (χ0n) is 23.7. The fourth-order valence-electron chi connectivity index (χ4n) is 5.37. The lowest BCUT2D eigenvalue weighted by Crippen LogP contribution is -2.27. The zero-order valence-corrected chi connectivity index (χ0v) is 25.2. The first-order valence-corrected chi connectivity index (χ1v) is 15.7. The SMILES string of the molecule is C[C@](O)(CO)c1ccccc1CC[C@@H](SCC1(CC(=O)O)CC1)c1cccc(/C=C/c2ccc3ccc(Cl)cc3n2)c1. The van der Waals surface area contributed by atoms with Gasteiger partial charge in [0, 0.05) is 21.4 Å². The summed E-state index contributed by atoms with van der Waals surface area (Å²) in [6.45, 7) is 1.28. The normalized spacial score (nSPS) is 16.4. The molecule has 1 aromatic heterocycles. The van der Waals surface area contributed by atoms with E-state index in [0.717, 1.165) is 64.7 Å². The molecule has 1 aliphatic carbocycles. The summed E-state index contributed by atoms with van der Waals surface area (Å²) in [6.07, 6.45) is 7.71. The van der Waals surface area contributed by atoms with Crippen molar-refractivity contribution in [2.45, 2.75) is 49.9 Å². The predicted molar refractivity (Wildman–Crippen MR) is 173 cm³/mol. The van der Waals surface area contributed by atoms with Crippen LogP contribution in [0.4, 0.5) is 0 Å². The van der Waals surface area contributed by atoms with E-state index in [1.54, 1.807) is 6.92 Å². The van der Waals surface area contributed by atoms with Crippen molar-refractivity contribution in [3.63, 3.8) is 0 Å². The Morgan fingerprint density at radius 1 is 1.07 bits per heavy atom. The van der Waals surface area contributed by atoms with E-state index in [4.69, 9.17) is 16.6 Å². The quantitative estimate of drug-likeness (QED) is 0.144. The van der Waals surface area contributed by atoms with Crippen LogP contribution in [0.1, 0.15) is 65.8 Å². The van der Waals surface area contributed by atoms with Crippen LogP contribution in [0.5, 0.6) is 0 Å². The fourth-order valence-corrected chi connectivity index (χ4v) is 7.11.